The Balaban J connectivity index is 1.80. The second-order valence-corrected chi connectivity index (χ2v) is 7.11. The number of methoxy groups -OCH3 is 1. The fraction of sp³-hybridized carbons (Fsp3) is 0.417. The van der Waals surface area contributed by atoms with Crippen molar-refractivity contribution in [1.82, 2.24) is 0 Å². The van der Waals surface area contributed by atoms with Gasteiger partial charge in [0.1, 0.15) is 5.75 Å². The molecule has 2 aromatic rings. The number of aliphatic hydroxyl groups excluding tert-OH is 2. The van der Waals surface area contributed by atoms with E-state index in [-0.39, 0.29) is 12.7 Å². The van der Waals surface area contributed by atoms with Crippen molar-refractivity contribution >= 4 is 0 Å². The number of aliphatic hydroxyl groups is 2. The van der Waals surface area contributed by atoms with Crippen molar-refractivity contribution in [3.8, 4) is 5.75 Å². The second-order valence-electron chi connectivity index (χ2n) is 7.11. The van der Waals surface area contributed by atoms with E-state index in [9.17, 15) is 5.11 Å². The van der Waals surface area contributed by atoms with Crippen LogP contribution in [0.5, 0.6) is 5.75 Å². The quantitative estimate of drug-likeness (QED) is 0.395. The van der Waals surface area contributed by atoms with Gasteiger partial charge in [-0.2, -0.15) is 0 Å². The first kappa shape index (κ1) is 23.1. The van der Waals surface area contributed by atoms with Crippen LogP contribution in [0.25, 0.3) is 0 Å². The van der Waals surface area contributed by atoms with Gasteiger partial charge in [0.25, 0.3) is 0 Å². The summed E-state index contributed by atoms with van der Waals surface area (Å²) in [5, 5.41) is 19.0. The lowest BCUT2D eigenvalue weighted by Gasteiger charge is -2.21. The van der Waals surface area contributed by atoms with Gasteiger partial charge in [0.2, 0.25) is 0 Å². The highest BCUT2D eigenvalue weighted by Gasteiger charge is 2.15. The minimum absolute atomic E-state index is 0.171. The molecule has 0 unspecified atom stereocenters. The third-order valence-electron chi connectivity index (χ3n) is 4.60. The molecule has 29 heavy (non-hydrogen) atoms. The molecule has 5 nitrogen and oxygen atoms in total. The lowest BCUT2D eigenvalue weighted by molar-refractivity contribution is -0.00983. The van der Waals surface area contributed by atoms with Crippen LogP contribution in [0.3, 0.4) is 0 Å². The van der Waals surface area contributed by atoms with E-state index in [1.54, 1.807) is 7.11 Å². The molecule has 0 saturated carbocycles. The standard InChI is InChI=1S/C24H32O5/c1-19(12-13-28-17-21-8-10-23(27-2)11-9-21)14-24(15-22(26)16-25)29-18-20-6-4-3-5-7-20/h3-12,22,24-26H,13-18H2,1-2H3/b19-12+/t22-,24-/m0/s1. The summed E-state index contributed by atoms with van der Waals surface area (Å²) in [6, 6.07) is 17.7. The molecule has 0 radical (unpaired) electrons. The summed E-state index contributed by atoms with van der Waals surface area (Å²) in [5.74, 6) is 0.830. The molecule has 2 rings (SSSR count). The highest BCUT2D eigenvalue weighted by molar-refractivity contribution is 5.26. The average molecular weight is 401 g/mol. The van der Waals surface area contributed by atoms with E-state index in [1.165, 1.54) is 0 Å². The summed E-state index contributed by atoms with van der Waals surface area (Å²) >= 11 is 0. The first-order valence-corrected chi connectivity index (χ1v) is 9.91. The van der Waals surface area contributed by atoms with Gasteiger partial charge in [0.15, 0.2) is 0 Å². The van der Waals surface area contributed by atoms with Crippen LogP contribution < -0.4 is 4.74 Å². The zero-order valence-corrected chi connectivity index (χ0v) is 17.3. The Morgan fingerprint density at radius 3 is 2.34 bits per heavy atom. The van der Waals surface area contributed by atoms with E-state index in [0.717, 1.165) is 22.4 Å². The smallest absolute Gasteiger partial charge is 0.118 e. The molecule has 158 valence electrons. The SMILES string of the molecule is COc1ccc(COC/C=C(\C)C[C@@H](C[C@H](O)CO)OCc2ccccc2)cc1. The van der Waals surface area contributed by atoms with Gasteiger partial charge in [-0.3, -0.25) is 0 Å². The van der Waals surface area contributed by atoms with Crippen LogP contribution in [0.15, 0.2) is 66.2 Å². The second kappa shape index (κ2) is 13.1. The summed E-state index contributed by atoms with van der Waals surface area (Å²) in [6.07, 6.45) is 2.15. The summed E-state index contributed by atoms with van der Waals surface area (Å²) in [7, 11) is 1.65. The predicted molar refractivity (Wildman–Crippen MR) is 114 cm³/mol. The van der Waals surface area contributed by atoms with Crippen molar-refractivity contribution in [2.45, 2.75) is 45.2 Å². The molecule has 0 fully saturated rings. The van der Waals surface area contributed by atoms with Gasteiger partial charge in [0, 0.05) is 6.42 Å². The van der Waals surface area contributed by atoms with Crippen molar-refractivity contribution in [1.29, 1.82) is 0 Å². The minimum Gasteiger partial charge on any atom is -0.497 e. The molecule has 2 N–H and O–H groups in total. The minimum atomic E-state index is -0.783. The van der Waals surface area contributed by atoms with E-state index in [4.69, 9.17) is 19.3 Å². The van der Waals surface area contributed by atoms with Gasteiger partial charge >= 0.3 is 0 Å². The first-order chi connectivity index (χ1) is 14.1. The van der Waals surface area contributed by atoms with Crippen LogP contribution >= 0.6 is 0 Å². The first-order valence-electron chi connectivity index (χ1n) is 9.91. The van der Waals surface area contributed by atoms with Crippen LogP contribution in [0.1, 0.15) is 30.9 Å². The molecule has 2 aromatic carbocycles. The Kier molecular flexibility index (Phi) is 10.5. The molecule has 0 aliphatic carbocycles. The Morgan fingerprint density at radius 2 is 1.69 bits per heavy atom. The molecule has 0 heterocycles. The maximum Gasteiger partial charge on any atom is 0.118 e. The molecule has 0 spiro atoms. The maximum atomic E-state index is 9.83. The van der Waals surface area contributed by atoms with Crippen LogP contribution in [0.2, 0.25) is 0 Å². The van der Waals surface area contributed by atoms with E-state index in [0.29, 0.717) is 32.7 Å². The monoisotopic (exact) mass is 400 g/mol. The summed E-state index contributed by atoms with van der Waals surface area (Å²) in [4.78, 5) is 0. The Morgan fingerprint density at radius 1 is 1.00 bits per heavy atom. The van der Waals surface area contributed by atoms with Gasteiger partial charge in [-0.15, -0.1) is 0 Å². The molecular weight excluding hydrogens is 368 g/mol. The number of hydrogen-bond donors (Lipinski definition) is 2. The zero-order chi connectivity index (χ0) is 20.9. The van der Waals surface area contributed by atoms with Crippen molar-refractivity contribution in [3.63, 3.8) is 0 Å². The molecule has 2 atom stereocenters. The van der Waals surface area contributed by atoms with E-state index in [2.05, 4.69) is 0 Å². The number of hydrogen-bond acceptors (Lipinski definition) is 5. The van der Waals surface area contributed by atoms with E-state index < -0.39 is 6.10 Å². The van der Waals surface area contributed by atoms with Crippen molar-refractivity contribution in [3.05, 3.63) is 77.4 Å². The molecule has 0 aliphatic rings. The molecule has 0 aromatic heterocycles. The van der Waals surface area contributed by atoms with Gasteiger partial charge in [-0.05, 0) is 36.6 Å². The number of benzene rings is 2. The Labute approximate surface area is 173 Å². The van der Waals surface area contributed by atoms with Gasteiger partial charge in [-0.25, -0.2) is 0 Å². The highest BCUT2D eigenvalue weighted by Crippen LogP contribution is 2.17. The van der Waals surface area contributed by atoms with Crippen LogP contribution in [-0.2, 0) is 22.7 Å². The summed E-state index contributed by atoms with van der Waals surface area (Å²) in [5.41, 5.74) is 3.30. The van der Waals surface area contributed by atoms with Crippen LogP contribution in [0.4, 0.5) is 0 Å². The Bertz CT molecular complexity index is 712. The highest BCUT2D eigenvalue weighted by atomic mass is 16.5. The molecule has 5 heteroatoms. The maximum absolute atomic E-state index is 9.83. The van der Waals surface area contributed by atoms with Crippen molar-refractivity contribution < 1.29 is 24.4 Å². The van der Waals surface area contributed by atoms with E-state index in [1.807, 2.05) is 67.6 Å². The lowest BCUT2D eigenvalue weighted by atomic mass is 10.0. The molecule has 0 aliphatic heterocycles. The molecule has 0 amide bonds. The number of ether oxygens (including phenoxy) is 3. The topological polar surface area (TPSA) is 68.2 Å². The molecular formula is C24H32O5. The summed E-state index contributed by atoms with van der Waals surface area (Å²) in [6.45, 7) is 3.28. The number of rotatable bonds is 13. The van der Waals surface area contributed by atoms with Crippen LogP contribution in [0, 0.1) is 0 Å². The molecule has 0 bridgehead atoms. The van der Waals surface area contributed by atoms with E-state index >= 15 is 0 Å². The fourth-order valence-electron chi connectivity index (χ4n) is 2.92. The van der Waals surface area contributed by atoms with Crippen molar-refractivity contribution in [2.75, 3.05) is 20.3 Å². The van der Waals surface area contributed by atoms with Gasteiger partial charge < -0.3 is 24.4 Å². The Hall–Kier alpha value is -2.18. The van der Waals surface area contributed by atoms with Gasteiger partial charge in [0.05, 0.1) is 45.7 Å². The average Bonchev–Trinajstić information content (AvgIpc) is 2.76. The fourth-order valence-corrected chi connectivity index (χ4v) is 2.92. The predicted octanol–water partition coefficient (Wildman–Crippen LogP) is 3.88. The lowest BCUT2D eigenvalue weighted by Crippen LogP contribution is -2.24. The van der Waals surface area contributed by atoms with Crippen molar-refractivity contribution in [2.24, 2.45) is 0 Å². The largest absolute Gasteiger partial charge is 0.497 e. The third-order valence-corrected chi connectivity index (χ3v) is 4.60. The van der Waals surface area contributed by atoms with Crippen LogP contribution in [-0.4, -0.2) is 42.7 Å². The summed E-state index contributed by atoms with van der Waals surface area (Å²) < 4.78 is 16.9. The normalized spacial score (nSPS) is 13.9. The van der Waals surface area contributed by atoms with Gasteiger partial charge in [-0.1, -0.05) is 54.1 Å². The zero-order valence-electron chi connectivity index (χ0n) is 17.3. The third kappa shape index (κ3) is 9.24. The molecule has 0 saturated heterocycles.